The molecule has 1 aliphatic heterocycles. The molecule has 0 radical (unpaired) electrons. The van der Waals surface area contributed by atoms with Crippen molar-refractivity contribution in [1.29, 1.82) is 0 Å². The standard InChI is InChI=1S/C25H33F3N6O2/c1-24(2,3)33-16-5-7-20(14(10-16)11-21(29)35)34-9-8-19(23(34)36)32-22-17-12-15(25(26,27)28)4-6-18(17)30-13-31-22/h4,6,12-14,16,19-20,33H,5,7-11H2,1-3H3,(H2,29,35)(H,30,31,32)/t14-,16-,19+,20+/m1/s1. The van der Waals surface area contributed by atoms with E-state index < -0.39 is 23.7 Å². The van der Waals surface area contributed by atoms with Crippen LogP contribution in [0.25, 0.3) is 10.9 Å². The Morgan fingerprint density at radius 2 is 1.92 bits per heavy atom. The number of fused-ring (bicyclic) bond motifs is 1. The van der Waals surface area contributed by atoms with Gasteiger partial charge in [0.15, 0.2) is 0 Å². The summed E-state index contributed by atoms with van der Waals surface area (Å²) in [5, 5.41) is 6.87. The number of primary amides is 1. The highest BCUT2D eigenvalue weighted by atomic mass is 19.4. The lowest BCUT2D eigenvalue weighted by molar-refractivity contribution is -0.137. The maximum atomic E-state index is 13.4. The molecule has 2 aromatic rings. The second-order valence-corrected chi connectivity index (χ2v) is 10.9. The third kappa shape index (κ3) is 5.88. The number of hydrogen-bond acceptors (Lipinski definition) is 6. The molecule has 4 atom stereocenters. The lowest BCUT2D eigenvalue weighted by atomic mass is 9.78. The molecule has 2 aliphatic rings. The predicted octanol–water partition coefficient (Wildman–Crippen LogP) is 3.46. The van der Waals surface area contributed by atoms with E-state index in [0.717, 1.165) is 31.4 Å². The Balaban J connectivity index is 1.51. The van der Waals surface area contributed by atoms with Crippen LogP contribution < -0.4 is 16.4 Å². The predicted molar refractivity (Wildman–Crippen MR) is 130 cm³/mol. The van der Waals surface area contributed by atoms with E-state index in [0.29, 0.717) is 18.5 Å². The van der Waals surface area contributed by atoms with Gasteiger partial charge in [-0.05, 0) is 70.6 Å². The van der Waals surface area contributed by atoms with Crippen LogP contribution in [0.2, 0.25) is 0 Å². The van der Waals surface area contributed by atoms with Crippen LogP contribution in [0.5, 0.6) is 0 Å². The number of halogens is 3. The second kappa shape index (κ2) is 9.84. The molecule has 1 aromatic heterocycles. The van der Waals surface area contributed by atoms with Crippen LogP contribution in [-0.4, -0.2) is 56.9 Å². The topological polar surface area (TPSA) is 113 Å². The average Bonchev–Trinajstić information content (AvgIpc) is 3.11. The molecule has 4 N–H and O–H groups in total. The van der Waals surface area contributed by atoms with Gasteiger partial charge in [0.05, 0.1) is 11.1 Å². The summed E-state index contributed by atoms with van der Waals surface area (Å²) < 4.78 is 39.8. The molecule has 1 aliphatic carbocycles. The first-order valence-electron chi connectivity index (χ1n) is 12.3. The fourth-order valence-corrected chi connectivity index (χ4v) is 5.56. The number of aromatic nitrogens is 2. The van der Waals surface area contributed by atoms with E-state index in [1.54, 1.807) is 0 Å². The molecule has 1 saturated carbocycles. The maximum absolute atomic E-state index is 13.4. The van der Waals surface area contributed by atoms with Crippen LogP contribution in [0.15, 0.2) is 24.5 Å². The van der Waals surface area contributed by atoms with Gasteiger partial charge < -0.3 is 21.3 Å². The van der Waals surface area contributed by atoms with Crippen molar-refractivity contribution < 1.29 is 22.8 Å². The Hall–Kier alpha value is -2.95. The van der Waals surface area contributed by atoms with Crippen LogP contribution in [0.3, 0.4) is 0 Å². The summed E-state index contributed by atoms with van der Waals surface area (Å²) in [6.07, 6.45) is -0.202. The first-order valence-corrected chi connectivity index (χ1v) is 12.3. The minimum absolute atomic E-state index is 0.0620. The molecule has 2 amide bonds. The van der Waals surface area contributed by atoms with Crippen molar-refractivity contribution in [2.24, 2.45) is 11.7 Å². The average molecular weight is 507 g/mol. The first kappa shape index (κ1) is 26.1. The van der Waals surface area contributed by atoms with E-state index in [1.165, 1.54) is 12.4 Å². The molecular weight excluding hydrogens is 473 g/mol. The van der Waals surface area contributed by atoms with Crippen LogP contribution in [-0.2, 0) is 15.8 Å². The molecule has 196 valence electrons. The minimum atomic E-state index is -4.50. The van der Waals surface area contributed by atoms with Crippen LogP contribution in [0.1, 0.15) is 58.4 Å². The van der Waals surface area contributed by atoms with Gasteiger partial charge in [0.1, 0.15) is 18.2 Å². The molecule has 11 heteroatoms. The highest BCUT2D eigenvalue weighted by Gasteiger charge is 2.42. The van der Waals surface area contributed by atoms with E-state index >= 15 is 0 Å². The first-order chi connectivity index (χ1) is 16.8. The molecule has 4 rings (SSSR count). The van der Waals surface area contributed by atoms with E-state index in [2.05, 4.69) is 41.4 Å². The molecule has 1 aromatic carbocycles. The van der Waals surface area contributed by atoms with Crippen LogP contribution in [0, 0.1) is 5.92 Å². The molecule has 0 bridgehead atoms. The Labute approximate surface area is 208 Å². The van der Waals surface area contributed by atoms with Crippen molar-refractivity contribution in [3.63, 3.8) is 0 Å². The van der Waals surface area contributed by atoms with Gasteiger partial charge in [0.2, 0.25) is 11.8 Å². The normalized spacial score (nSPS) is 25.4. The molecule has 2 heterocycles. The number of amides is 2. The quantitative estimate of drug-likeness (QED) is 0.553. The molecule has 0 spiro atoms. The second-order valence-electron chi connectivity index (χ2n) is 10.9. The number of alkyl halides is 3. The van der Waals surface area contributed by atoms with E-state index in [9.17, 15) is 22.8 Å². The summed E-state index contributed by atoms with van der Waals surface area (Å²) in [7, 11) is 0. The summed E-state index contributed by atoms with van der Waals surface area (Å²) >= 11 is 0. The Morgan fingerprint density at radius 3 is 2.58 bits per heavy atom. The number of carbonyl (C=O) groups excluding carboxylic acids is 2. The molecule has 1 saturated heterocycles. The van der Waals surface area contributed by atoms with Crippen molar-refractivity contribution in [2.75, 3.05) is 11.9 Å². The van der Waals surface area contributed by atoms with Gasteiger partial charge >= 0.3 is 6.18 Å². The molecule has 0 unspecified atom stereocenters. The smallest absolute Gasteiger partial charge is 0.370 e. The van der Waals surface area contributed by atoms with Gasteiger partial charge in [-0.2, -0.15) is 13.2 Å². The van der Waals surface area contributed by atoms with Gasteiger partial charge in [0, 0.05) is 36.0 Å². The van der Waals surface area contributed by atoms with Gasteiger partial charge in [-0.25, -0.2) is 9.97 Å². The number of nitrogens with one attached hydrogen (secondary N) is 2. The van der Waals surface area contributed by atoms with Crippen LogP contribution in [0.4, 0.5) is 19.0 Å². The Morgan fingerprint density at radius 1 is 1.17 bits per heavy atom. The van der Waals surface area contributed by atoms with Crippen LogP contribution >= 0.6 is 0 Å². The molecular formula is C25H33F3N6O2. The fourth-order valence-electron chi connectivity index (χ4n) is 5.56. The summed E-state index contributed by atoms with van der Waals surface area (Å²) in [4.78, 5) is 35.2. The summed E-state index contributed by atoms with van der Waals surface area (Å²) in [5.41, 5.74) is 5.03. The SMILES string of the molecule is CC(C)(C)N[C@@H]1CC[C@H](N2CC[C@H](Nc3ncnc4ccc(C(F)(F)F)cc34)C2=O)[C@@H](CC(N)=O)C1. The zero-order valence-electron chi connectivity index (χ0n) is 20.7. The number of rotatable bonds is 6. The number of carbonyl (C=O) groups is 2. The van der Waals surface area contributed by atoms with Gasteiger partial charge in [-0.15, -0.1) is 0 Å². The highest BCUT2D eigenvalue weighted by Crippen LogP contribution is 2.36. The monoisotopic (exact) mass is 506 g/mol. The van der Waals surface area contributed by atoms with Crippen molar-refractivity contribution in [1.82, 2.24) is 20.2 Å². The minimum Gasteiger partial charge on any atom is -0.370 e. The Kier molecular flexibility index (Phi) is 7.14. The number of benzene rings is 1. The number of nitrogens with two attached hydrogens (primary N) is 1. The van der Waals surface area contributed by atoms with E-state index in [1.807, 2.05) is 4.90 Å². The third-order valence-electron chi connectivity index (χ3n) is 6.96. The summed E-state index contributed by atoms with van der Waals surface area (Å²) in [6, 6.07) is 2.76. The number of hydrogen-bond donors (Lipinski definition) is 3. The molecule has 2 fully saturated rings. The van der Waals surface area contributed by atoms with Crippen molar-refractivity contribution in [3.05, 3.63) is 30.1 Å². The lowest BCUT2D eigenvalue weighted by Crippen LogP contribution is -2.53. The van der Waals surface area contributed by atoms with E-state index in [-0.39, 0.29) is 47.1 Å². The number of nitrogens with zero attached hydrogens (tertiary/aromatic N) is 3. The summed E-state index contributed by atoms with van der Waals surface area (Å²) in [6.45, 7) is 6.77. The highest BCUT2D eigenvalue weighted by molar-refractivity contribution is 5.93. The lowest BCUT2D eigenvalue weighted by Gasteiger charge is -2.42. The summed E-state index contributed by atoms with van der Waals surface area (Å²) in [5.74, 6) is -0.405. The van der Waals surface area contributed by atoms with Gasteiger partial charge in [0.25, 0.3) is 0 Å². The molecule has 8 nitrogen and oxygen atoms in total. The largest absolute Gasteiger partial charge is 0.416 e. The van der Waals surface area contributed by atoms with Crippen molar-refractivity contribution >= 4 is 28.5 Å². The van der Waals surface area contributed by atoms with Crippen molar-refractivity contribution in [3.8, 4) is 0 Å². The number of likely N-dealkylation sites (tertiary alicyclic amines) is 1. The van der Waals surface area contributed by atoms with Gasteiger partial charge in [-0.1, -0.05) is 0 Å². The van der Waals surface area contributed by atoms with E-state index in [4.69, 9.17) is 5.73 Å². The number of anilines is 1. The zero-order chi connectivity index (χ0) is 26.3. The maximum Gasteiger partial charge on any atom is 0.416 e. The molecule has 36 heavy (non-hydrogen) atoms. The van der Waals surface area contributed by atoms with Crippen molar-refractivity contribution in [2.45, 2.75) is 82.7 Å². The fraction of sp³-hybridized carbons (Fsp3) is 0.600. The third-order valence-corrected chi connectivity index (χ3v) is 6.96. The van der Waals surface area contributed by atoms with Gasteiger partial charge in [-0.3, -0.25) is 9.59 Å². The Bertz CT molecular complexity index is 1130. The zero-order valence-corrected chi connectivity index (χ0v) is 20.7.